The second-order valence-electron chi connectivity index (χ2n) is 3.42. The highest BCUT2D eigenvalue weighted by molar-refractivity contribution is 6.15. The summed E-state index contributed by atoms with van der Waals surface area (Å²) in [5.74, 6) is 0.0535. The molecule has 14 heavy (non-hydrogen) atoms. The number of hydrogen-bond acceptors (Lipinski definition) is 1. The minimum absolute atomic E-state index is 0.0535. The van der Waals surface area contributed by atoms with Crippen molar-refractivity contribution in [1.82, 2.24) is 0 Å². The van der Waals surface area contributed by atoms with Gasteiger partial charge in [-0.3, -0.25) is 4.79 Å². The Labute approximate surface area is 83.8 Å². The van der Waals surface area contributed by atoms with E-state index < -0.39 is 0 Å². The van der Waals surface area contributed by atoms with Crippen molar-refractivity contribution in [2.24, 2.45) is 0 Å². The van der Waals surface area contributed by atoms with Crippen LogP contribution in [0.15, 0.2) is 36.4 Å². The second-order valence-corrected chi connectivity index (χ2v) is 3.42. The van der Waals surface area contributed by atoms with Gasteiger partial charge in [0.05, 0.1) is 0 Å². The Bertz CT molecular complexity index is 439. The highest BCUT2D eigenvalue weighted by Crippen LogP contribution is 2.24. The van der Waals surface area contributed by atoms with Gasteiger partial charge in [0.15, 0.2) is 5.78 Å². The monoisotopic (exact) mass is 184 g/mol. The van der Waals surface area contributed by atoms with Crippen molar-refractivity contribution in [2.45, 2.75) is 13.3 Å². The maximum Gasteiger partial charge on any atom is 0.193 e. The molecule has 0 unspecified atom stereocenters. The first-order valence-corrected chi connectivity index (χ1v) is 4.77. The summed E-state index contributed by atoms with van der Waals surface area (Å²) in [7, 11) is 0. The lowest BCUT2D eigenvalue weighted by atomic mass is 9.89. The number of hydrogen-bond donors (Lipinski definition) is 0. The van der Waals surface area contributed by atoms with Gasteiger partial charge in [-0.25, -0.2) is 0 Å². The van der Waals surface area contributed by atoms with Gasteiger partial charge >= 0.3 is 0 Å². The number of allylic oxidation sites excluding steroid dienone is 2. The molecule has 0 aliphatic heterocycles. The van der Waals surface area contributed by atoms with Crippen molar-refractivity contribution in [3.63, 3.8) is 0 Å². The van der Waals surface area contributed by atoms with E-state index in [1.165, 1.54) is 5.56 Å². The van der Waals surface area contributed by atoms with E-state index in [0.29, 0.717) is 5.57 Å². The van der Waals surface area contributed by atoms with Gasteiger partial charge in [0, 0.05) is 11.1 Å². The van der Waals surface area contributed by atoms with E-state index in [9.17, 15) is 4.79 Å². The van der Waals surface area contributed by atoms with Gasteiger partial charge in [0.2, 0.25) is 0 Å². The van der Waals surface area contributed by atoms with Gasteiger partial charge in [-0.1, -0.05) is 43.9 Å². The molecule has 0 N–H and O–H groups in total. The predicted molar refractivity (Wildman–Crippen MR) is 58.3 cm³/mol. The number of fused-ring (bicyclic) bond motifs is 1. The molecule has 0 atom stereocenters. The molecule has 0 saturated carbocycles. The van der Waals surface area contributed by atoms with Gasteiger partial charge in [-0.2, -0.15) is 0 Å². The van der Waals surface area contributed by atoms with E-state index in [2.05, 4.69) is 19.6 Å². The quantitative estimate of drug-likeness (QED) is 0.613. The third-order valence-corrected chi connectivity index (χ3v) is 2.56. The molecule has 0 amide bonds. The molecular weight excluding hydrogens is 172 g/mol. The molecule has 1 aromatic carbocycles. The number of Topliss-reactive ketones (excluding diaryl/α,β-unsaturated/α-hetero) is 1. The Hall–Kier alpha value is -1.63. The summed E-state index contributed by atoms with van der Waals surface area (Å²) < 4.78 is 0. The number of carbonyl (C=O) groups excluding carboxylic acids is 1. The lowest BCUT2D eigenvalue weighted by Gasteiger charge is -2.13. The number of ketones is 1. The van der Waals surface area contributed by atoms with Crippen LogP contribution in [-0.2, 0) is 6.42 Å². The third-order valence-electron chi connectivity index (χ3n) is 2.56. The van der Waals surface area contributed by atoms with Crippen LogP contribution in [0.25, 0.3) is 6.08 Å². The Morgan fingerprint density at radius 1 is 1.29 bits per heavy atom. The van der Waals surface area contributed by atoms with Crippen molar-refractivity contribution in [3.8, 4) is 0 Å². The van der Waals surface area contributed by atoms with E-state index in [1.807, 2.05) is 18.2 Å². The van der Waals surface area contributed by atoms with Crippen LogP contribution in [0.2, 0.25) is 0 Å². The molecule has 0 heterocycles. The predicted octanol–water partition coefficient (Wildman–Crippen LogP) is 3.01. The van der Waals surface area contributed by atoms with Gasteiger partial charge in [-0.05, 0) is 17.5 Å². The van der Waals surface area contributed by atoms with Crippen LogP contribution in [0.4, 0.5) is 0 Å². The number of carbonyl (C=O) groups is 1. The first-order chi connectivity index (χ1) is 6.74. The van der Waals surface area contributed by atoms with Crippen LogP contribution in [0.3, 0.4) is 0 Å². The van der Waals surface area contributed by atoms with Crippen LogP contribution in [-0.4, -0.2) is 5.78 Å². The van der Waals surface area contributed by atoms with Gasteiger partial charge in [0.25, 0.3) is 0 Å². The number of rotatable bonds is 1. The minimum Gasteiger partial charge on any atom is -0.289 e. The van der Waals surface area contributed by atoms with E-state index in [-0.39, 0.29) is 5.78 Å². The molecule has 1 aromatic rings. The smallest absolute Gasteiger partial charge is 0.193 e. The van der Waals surface area contributed by atoms with E-state index in [0.717, 1.165) is 17.5 Å². The SMILES string of the molecule is C=C1C=Cc2c(CC)cccc2C1=O. The summed E-state index contributed by atoms with van der Waals surface area (Å²) in [5.41, 5.74) is 3.65. The number of aryl methyl sites for hydroxylation is 1. The van der Waals surface area contributed by atoms with Crippen molar-refractivity contribution in [1.29, 1.82) is 0 Å². The Morgan fingerprint density at radius 3 is 2.79 bits per heavy atom. The maximum absolute atomic E-state index is 11.7. The molecule has 2 rings (SSSR count). The Morgan fingerprint density at radius 2 is 2.07 bits per heavy atom. The third kappa shape index (κ3) is 1.22. The molecule has 0 fully saturated rings. The van der Waals surface area contributed by atoms with Gasteiger partial charge < -0.3 is 0 Å². The molecule has 1 nitrogen and oxygen atoms in total. The summed E-state index contributed by atoms with van der Waals surface area (Å²) in [5, 5.41) is 0. The highest BCUT2D eigenvalue weighted by Gasteiger charge is 2.17. The maximum atomic E-state index is 11.7. The summed E-state index contributed by atoms with van der Waals surface area (Å²) in [4.78, 5) is 11.7. The number of benzene rings is 1. The fraction of sp³-hybridized carbons (Fsp3) is 0.154. The van der Waals surface area contributed by atoms with Crippen LogP contribution >= 0.6 is 0 Å². The molecular formula is C13H12O. The van der Waals surface area contributed by atoms with Crippen molar-refractivity contribution >= 4 is 11.9 Å². The Balaban J connectivity index is 2.67. The Kier molecular flexibility index (Phi) is 2.08. The summed E-state index contributed by atoms with van der Waals surface area (Å²) in [6.07, 6.45) is 4.73. The van der Waals surface area contributed by atoms with Crippen molar-refractivity contribution < 1.29 is 4.79 Å². The topological polar surface area (TPSA) is 17.1 Å². The molecule has 70 valence electrons. The molecule has 0 aromatic heterocycles. The lowest BCUT2D eigenvalue weighted by molar-refractivity contribution is 0.103. The van der Waals surface area contributed by atoms with Crippen LogP contribution in [0, 0.1) is 0 Å². The van der Waals surface area contributed by atoms with Gasteiger partial charge in [-0.15, -0.1) is 0 Å². The first kappa shape index (κ1) is 8.95. The molecule has 1 aliphatic rings. The molecule has 0 spiro atoms. The molecule has 0 bridgehead atoms. The van der Waals surface area contributed by atoms with Crippen LogP contribution in [0.1, 0.15) is 28.4 Å². The minimum atomic E-state index is 0.0535. The summed E-state index contributed by atoms with van der Waals surface area (Å²) >= 11 is 0. The van der Waals surface area contributed by atoms with Crippen LogP contribution < -0.4 is 0 Å². The molecule has 1 heteroatoms. The zero-order valence-corrected chi connectivity index (χ0v) is 8.21. The average molecular weight is 184 g/mol. The highest BCUT2D eigenvalue weighted by atomic mass is 16.1. The first-order valence-electron chi connectivity index (χ1n) is 4.77. The fourth-order valence-corrected chi connectivity index (χ4v) is 1.75. The zero-order chi connectivity index (χ0) is 10.1. The standard InChI is InChI=1S/C13H12O/c1-3-10-5-4-6-12-11(10)8-7-9(2)13(12)14/h4-8H,2-3H2,1H3. The molecule has 0 saturated heterocycles. The largest absolute Gasteiger partial charge is 0.289 e. The average Bonchev–Trinajstić information content (AvgIpc) is 2.23. The fourth-order valence-electron chi connectivity index (χ4n) is 1.75. The summed E-state index contributed by atoms with van der Waals surface area (Å²) in [6, 6.07) is 5.86. The van der Waals surface area contributed by atoms with Gasteiger partial charge in [0.1, 0.15) is 0 Å². The second kappa shape index (κ2) is 3.26. The van der Waals surface area contributed by atoms with Crippen molar-refractivity contribution in [2.75, 3.05) is 0 Å². The van der Waals surface area contributed by atoms with Crippen molar-refractivity contribution in [3.05, 3.63) is 53.1 Å². The molecule has 0 radical (unpaired) electrons. The van der Waals surface area contributed by atoms with E-state index >= 15 is 0 Å². The normalized spacial score (nSPS) is 14.4. The van der Waals surface area contributed by atoms with E-state index in [4.69, 9.17) is 0 Å². The van der Waals surface area contributed by atoms with E-state index in [1.54, 1.807) is 6.08 Å². The van der Waals surface area contributed by atoms with Crippen LogP contribution in [0.5, 0.6) is 0 Å². The summed E-state index contributed by atoms with van der Waals surface area (Å²) in [6.45, 7) is 5.81. The lowest BCUT2D eigenvalue weighted by Crippen LogP contribution is -2.08. The zero-order valence-electron chi connectivity index (χ0n) is 8.21. The molecule has 1 aliphatic carbocycles.